The van der Waals surface area contributed by atoms with Gasteiger partial charge in [0.25, 0.3) is 17.5 Å². The van der Waals surface area contributed by atoms with Crippen LogP contribution < -0.4 is 10.9 Å². The molecule has 0 aromatic heterocycles. The van der Waals surface area contributed by atoms with Crippen molar-refractivity contribution in [1.82, 2.24) is 10.9 Å². The van der Waals surface area contributed by atoms with Gasteiger partial charge in [0.1, 0.15) is 0 Å². The SMILES string of the molecule is Cc1ccc(C(=O)NNC(=O)c2ccc(Br)c([N+](=O)[O-])c2)cc1. The second-order valence-electron chi connectivity index (χ2n) is 4.70. The average molecular weight is 378 g/mol. The lowest BCUT2D eigenvalue weighted by Crippen LogP contribution is -2.41. The number of aryl methyl sites for hydroxylation is 1. The van der Waals surface area contributed by atoms with Crippen LogP contribution >= 0.6 is 15.9 Å². The lowest BCUT2D eigenvalue weighted by atomic mass is 10.1. The van der Waals surface area contributed by atoms with Crippen molar-refractivity contribution in [3.05, 3.63) is 73.7 Å². The molecule has 2 aromatic carbocycles. The fourth-order valence-electron chi connectivity index (χ4n) is 1.76. The molecule has 0 aliphatic carbocycles. The van der Waals surface area contributed by atoms with E-state index in [0.717, 1.165) is 11.6 Å². The Morgan fingerprint density at radius 3 is 2.09 bits per heavy atom. The second kappa shape index (κ2) is 7.01. The van der Waals surface area contributed by atoms with E-state index >= 15 is 0 Å². The Hall–Kier alpha value is -2.74. The number of carbonyl (C=O) groups is 2. The molecule has 0 heterocycles. The van der Waals surface area contributed by atoms with Crippen LogP contribution in [0.2, 0.25) is 0 Å². The van der Waals surface area contributed by atoms with Crippen molar-refractivity contribution in [1.29, 1.82) is 0 Å². The van der Waals surface area contributed by atoms with Gasteiger partial charge >= 0.3 is 0 Å². The number of hydrogen-bond donors (Lipinski definition) is 2. The standard InChI is InChI=1S/C15H12BrN3O4/c1-9-2-4-10(5-3-9)14(20)17-18-15(21)11-6-7-12(16)13(8-11)19(22)23/h2-8H,1H3,(H,17,20)(H,18,21). The molecule has 7 nitrogen and oxygen atoms in total. The van der Waals surface area contributed by atoms with Crippen LogP contribution in [0.4, 0.5) is 5.69 Å². The fraction of sp³-hybridized carbons (Fsp3) is 0.0667. The molecule has 0 aliphatic rings. The van der Waals surface area contributed by atoms with E-state index in [1.807, 2.05) is 6.92 Å². The van der Waals surface area contributed by atoms with Gasteiger partial charge < -0.3 is 0 Å². The Kier molecular flexibility index (Phi) is 5.07. The van der Waals surface area contributed by atoms with Crippen molar-refractivity contribution in [2.75, 3.05) is 0 Å². The van der Waals surface area contributed by atoms with Gasteiger partial charge in [-0.15, -0.1) is 0 Å². The minimum atomic E-state index is -0.652. The fourth-order valence-corrected chi connectivity index (χ4v) is 2.15. The molecule has 8 heteroatoms. The minimum absolute atomic E-state index is 0.0594. The first-order chi connectivity index (χ1) is 10.9. The molecular weight excluding hydrogens is 366 g/mol. The number of hydrogen-bond acceptors (Lipinski definition) is 4. The van der Waals surface area contributed by atoms with Gasteiger partial charge in [-0.05, 0) is 47.1 Å². The summed E-state index contributed by atoms with van der Waals surface area (Å²) in [5, 5.41) is 10.8. The average Bonchev–Trinajstić information content (AvgIpc) is 2.53. The maximum atomic E-state index is 12.0. The van der Waals surface area contributed by atoms with E-state index in [9.17, 15) is 19.7 Å². The molecule has 2 amide bonds. The van der Waals surface area contributed by atoms with Crippen LogP contribution in [0.3, 0.4) is 0 Å². The molecule has 0 saturated heterocycles. The first-order valence-corrected chi connectivity index (χ1v) is 7.29. The summed E-state index contributed by atoms with van der Waals surface area (Å²) in [6.45, 7) is 1.89. The summed E-state index contributed by atoms with van der Waals surface area (Å²) in [6, 6.07) is 10.7. The summed E-state index contributed by atoms with van der Waals surface area (Å²) in [4.78, 5) is 34.1. The molecule has 0 aliphatic heterocycles. The van der Waals surface area contributed by atoms with Crippen molar-refractivity contribution < 1.29 is 14.5 Å². The van der Waals surface area contributed by atoms with Crippen LogP contribution in [0.5, 0.6) is 0 Å². The topological polar surface area (TPSA) is 101 Å². The third kappa shape index (κ3) is 4.13. The summed E-state index contributed by atoms with van der Waals surface area (Å²) >= 11 is 3.04. The highest BCUT2D eigenvalue weighted by Gasteiger charge is 2.16. The van der Waals surface area contributed by atoms with Gasteiger partial charge in [0.15, 0.2) is 0 Å². The lowest BCUT2D eigenvalue weighted by Gasteiger charge is -2.08. The van der Waals surface area contributed by atoms with E-state index in [1.165, 1.54) is 12.1 Å². The normalized spacial score (nSPS) is 10.0. The van der Waals surface area contributed by atoms with Gasteiger partial charge in [-0.2, -0.15) is 0 Å². The van der Waals surface area contributed by atoms with Gasteiger partial charge in [0.05, 0.1) is 9.40 Å². The molecule has 0 radical (unpaired) electrons. The summed E-state index contributed by atoms with van der Waals surface area (Å²) in [5.74, 6) is -1.13. The van der Waals surface area contributed by atoms with Gasteiger partial charge in [-0.3, -0.25) is 30.6 Å². The van der Waals surface area contributed by atoms with Crippen LogP contribution in [0.15, 0.2) is 46.9 Å². The number of nitro groups is 1. The zero-order valence-electron chi connectivity index (χ0n) is 12.0. The quantitative estimate of drug-likeness (QED) is 0.633. The van der Waals surface area contributed by atoms with E-state index in [1.54, 1.807) is 24.3 Å². The van der Waals surface area contributed by atoms with Gasteiger partial charge in [-0.25, -0.2) is 0 Å². The largest absolute Gasteiger partial charge is 0.284 e. The number of benzene rings is 2. The second-order valence-corrected chi connectivity index (χ2v) is 5.55. The molecule has 0 saturated carbocycles. The van der Waals surface area contributed by atoms with Crippen molar-refractivity contribution in [2.24, 2.45) is 0 Å². The van der Waals surface area contributed by atoms with Crippen LogP contribution in [0.1, 0.15) is 26.3 Å². The maximum absolute atomic E-state index is 12.0. The molecule has 0 bridgehead atoms. The highest BCUT2D eigenvalue weighted by molar-refractivity contribution is 9.10. The summed E-state index contributed by atoms with van der Waals surface area (Å²) < 4.78 is 0.266. The number of rotatable bonds is 3. The third-order valence-corrected chi connectivity index (χ3v) is 3.68. The van der Waals surface area contributed by atoms with Crippen LogP contribution in [-0.4, -0.2) is 16.7 Å². The summed E-state index contributed by atoms with van der Waals surface area (Å²) in [7, 11) is 0. The highest BCUT2D eigenvalue weighted by atomic mass is 79.9. The Labute approximate surface area is 139 Å². The zero-order chi connectivity index (χ0) is 17.0. The van der Waals surface area contributed by atoms with Crippen LogP contribution in [0, 0.1) is 17.0 Å². The molecule has 23 heavy (non-hydrogen) atoms. The summed E-state index contributed by atoms with van der Waals surface area (Å²) in [6.07, 6.45) is 0. The first-order valence-electron chi connectivity index (χ1n) is 6.50. The molecule has 0 spiro atoms. The predicted molar refractivity (Wildman–Crippen MR) is 86.9 cm³/mol. The van der Waals surface area contributed by atoms with E-state index in [-0.39, 0.29) is 15.7 Å². The molecule has 2 rings (SSSR count). The Morgan fingerprint density at radius 2 is 1.52 bits per heavy atom. The van der Waals surface area contributed by atoms with E-state index in [0.29, 0.717) is 5.56 Å². The molecule has 2 N–H and O–H groups in total. The monoisotopic (exact) mass is 377 g/mol. The molecule has 0 atom stereocenters. The number of hydrazine groups is 1. The molecule has 2 aromatic rings. The van der Waals surface area contributed by atoms with Crippen molar-refractivity contribution in [3.63, 3.8) is 0 Å². The third-order valence-electron chi connectivity index (χ3n) is 3.01. The van der Waals surface area contributed by atoms with Crippen molar-refractivity contribution in [3.8, 4) is 0 Å². The van der Waals surface area contributed by atoms with E-state index in [2.05, 4.69) is 26.8 Å². The number of nitrogens with one attached hydrogen (secondary N) is 2. The molecule has 0 unspecified atom stereocenters. The zero-order valence-corrected chi connectivity index (χ0v) is 13.6. The number of amides is 2. The van der Waals surface area contributed by atoms with Crippen LogP contribution in [0.25, 0.3) is 0 Å². The number of halogens is 1. The highest BCUT2D eigenvalue weighted by Crippen LogP contribution is 2.25. The Morgan fingerprint density at radius 1 is 1.00 bits per heavy atom. The Balaban J connectivity index is 2.05. The van der Waals surface area contributed by atoms with E-state index < -0.39 is 16.7 Å². The minimum Gasteiger partial charge on any atom is -0.267 e. The van der Waals surface area contributed by atoms with Gasteiger partial charge in [0.2, 0.25) is 0 Å². The predicted octanol–water partition coefficient (Wildman–Crippen LogP) is 2.74. The molecule has 118 valence electrons. The summed E-state index contributed by atoms with van der Waals surface area (Å²) in [5.41, 5.74) is 5.70. The molecule has 0 fully saturated rings. The maximum Gasteiger partial charge on any atom is 0.284 e. The first kappa shape index (κ1) is 16.6. The molecular formula is C15H12BrN3O4. The smallest absolute Gasteiger partial charge is 0.267 e. The van der Waals surface area contributed by atoms with Crippen LogP contribution in [-0.2, 0) is 0 Å². The van der Waals surface area contributed by atoms with E-state index in [4.69, 9.17) is 0 Å². The number of carbonyl (C=O) groups excluding carboxylic acids is 2. The van der Waals surface area contributed by atoms with Gasteiger partial charge in [0, 0.05) is 17.2 Å². The van der Waals surface area contributed by atoms with Crippen molar-refractivity contribution in [2.45, 2.75) is 6.92 Å². The number of nitro benzene ring substituents is 1. The Bertz CT molecular complexity index is 775. The van der Waals surface area contributed by atoms with Gasteiger partial charge in [-0.1, -0.05) is 17.7 Å². The lowest BCUT2D eigenvalue weighted by molar-refractivity contribution is -0.385. The number of nitrogens with zero attached hydrogens (tertiary/aromatic N) is 1. The van der Waals surface area contributed by atoms with Crippen molar-refractivity contribution >= 4 is 33.4 Å².